The third kappa shape index (κ3) is 12.6. The highest BCUT2D eigenvalue weighted by molar-refractivity contribution is 6.32. The number of ketones is 1. The van der Waals surface area contributed by atoms with E-state index in [0.29, 0.717) is 32.9 Å². The summed E-state index contributed by atoms with van der Waals surface area (Å²) in [5, 5.41) is 35.8. The first-order valence-corrected chi connectivity index (χ1v) is 26.8. The first kappa shape index (κ1) is 69.8. The summed E-state index contributed by atoms with van der Waals surface area (Å²) in [7, 11) is 0. The highest BCUT2D eigenvalue weighted by Crippen LogP contribution is 2.44. The molecule has 32 heteroatoms. The number of alkyl halides is 9. The molecule has 3 heterocycles. The van der Waals surface area contributed by atoms with Gasteiger partial charge in [-0.15, -0.1) is 0 Å². The quantitative estimate of drug-likeness (QED) is 0.0733. The highest BCUT2D eigenvalue weighted by atomic mass is 19.4. The number of carbonyl (C=O) groups is 9. The van der Waals surface area contributed by atoms with Gasteiger partial charge < -0.3 is 10.8 Å². The summed E-state index contributed by atoms with van der Waals surface area (Å²) in [6, 6.07) is 17.7. The third-order valence-corrected chi connectivity index (χ3v) is 14.8. The number of halogens is 12. The maximum Gasteiger partial charge on any atom is 0.417 e. The van der Waals surface area contributed by atoms with Crippen molar-refractivity contribution in [3.05, 3.63) is 177 Å². The summed E-state index contributed by atoms with van der Waals surface area (Å²) in [4.78, 5) is 116. The summed E-state index contributed by atoms with van der Waals surface area (Å²) in [6.45, 7) is 9.58. The van der Waals surface area contributed by atoms with Gasteiger partial charge in [-0.3, -0.25) is 38.7 Å². The molecule has 3 aliphatic heterocycles. The molecule has 0 spiro atoms. The summed E-state index contributed by atoms with van der Waals surface area (Å²) in [6.07, 6.45) is -14.6. The molecule has 3 saturated heterocycles. The van der Waals surface area contributed by atoms with E-state index in [-0.39, 0.29) is 34.7 Å². The second kappa shape index (κ2) is 24.9. The van der Waals surface area contributed by atoms with Crippen molar-refractivity contribution in [1.82, 2.24) is 0 Å². The monoisotopic (exact) mass is 1320 g/mol. The Kier molecular flexibility index (Phi) is 18.5. The molecule has 20 nitrogen and oxygen atoms in total. The number of carboxylic acids is 1. The number of hydrogen-bond acceptors (Lipinski definition) is 12. The minimum absolute atomic E-state index is 0.0364. The Balaban J connectivity index is 0.000000200. The van der Waals surface area contributed by atoms with Crippen LogP contribution >= 0.6 is 0 Å². The van der Waals surface area contributed by atoms with E-state index in [1.165, 1.54) is 77.9 Å². The van der Waals surface area contributed by atoms with Gasteiger partial charge >= 0.3 is 42.6 Å². The largest absolute Gasteiger partial charge is 0.478 e. The van der Waals surface area contributed by atoms with Crippen molar-refractivity contribution < 1.29 is 101 Å². The molecule has 94 heavy (non-hydrogen) atoms. The van der Waals surface area contributed by atoms with Gasteiger partial charge in [-0.25, -0.2) is 47.0 Å². The molecule has 3 aliphatic rings. The van der Waals surface area contributed by atoms with Crippen LogP contribution in [0, 0.1) is 51.4 Å². The molecule has 0 radical (unpaired) electrons. The summed E-state index contributed by atoms with van der Waals surface area (Å²) >= 11 is 0. The molecule has 3 fully saturated rings. The van der Waals surface area contributed by atoms with Crippen LogP contribution in [0.25, 0.3) is 0 Å². The van der Waals surface area contributed by atoms with Crippen LogP contribution in [0.2, 0.25) is 0 Å². The molecule has 0 unspecified atom stereocenters. The number of anilines is 6. The van der Waals surface area contributed by atoms with E-state index < -0.39 is 162 Å². The zero-order valence-corrected chi connectivity index (χ0v) is 49.4. The molecule has 0 aromatic heterocycles. The van der Waals surface area contributed by atoms with Crippen molar-refractivity contribution in [1.29, 1.82) is 15.8 Å². The fourth-order valence-electron chi connectivity index (χ4n) is 10.1. The van der Waals surface area contributed by atoms with E-state index in [9.17, 15) is 95.8 Å². The summed E-state index contributed by atoms with van der Waals surface area (Å²) in [5.41, 5.74) is -8.39. The standard InChI is InChI=1S/C22H17F4N3O3.C20H14F4N4O3.C20H13F4N3O4/c1-4-18(30)15-8-7-14(10-17(15)23)29-20(32)28(19(31)21(29,2)3)13-6-5-12(11-27)16(9-13)22(24,25)26;1-19(2)17(30)27(11-4-3-10(9-25)14(7-11)20(22,23)24)18(31)28(19)12-5-6-13(16(26)29)15(21)8-12;1-19(2)17(30)26(11-4-3-10(9-25)14(7-11)20(22,23)24)18(31)27(19)12-5-6-13(16(28)29)15(21)8-12/h5-10H,4H2,1-3H3;3-8H,1-2H3,(H2,26,29);3-8H,1-2H3,(H,28,29). The zero-order chi connectivity index (χ0) is 70.6. The number of nitriles is 3. The SMILES string of the molecule is CC1(C)C(=O)N(c2ccc(C#N)c(C(F)(F)F)c2)C(=O)N1c1ccc(C(=O)O)c(F)c1.CC1(C)C(=O)N(c2ccc(C#N)c(C(F)(F)F)c2)C(=O)N1c1ccc(C(N)=O)c(F)c1.CCC(=O)c1ccc(N2C(=O)N(c3ccc(C#N)c(C(F)(F)F)c3)C(=O)C2(C)C)cc1F. The van der Waals surface area contributed by atoms with Gasteiger partial charge in [0.25, 0.3) is 23.6 Å². The minimum atomic E-state index is -4.90. The smallest absolute Gasteiger partial charge is 0.417 e. The Morgan fingerprint density at radius 1 is 0.436 bits per heavy atom. The average Bonchev–Trinajstić information content (AvgIpc) is 1.60. The number of benzene rings is 6. The minimum Gasteiger partial charge on any atom is -0.478 e. The molecule has 0 atom stereocenters. The molecule has 9 rings (SSSR count). The number of urea groups is 3. The molecule has 0 bridgehead atoms. The topological polar surface area (TPSA) is 291 Å². The lowest BCUT2D eigenvalue weighted by atomic mass is 10.0. The van der Waals surface area contributed by atoms with Gasteiger partial charge in [0.1, 0.15) is 34.1 Å². The van der Waals surface area contributed by atoms with E-state index >= 15 is 0 Å². The van der Waals surface area contributed by atoms with Crippen molar-refractivity contribution >= 4 is 87.6 Å². The molecule has 10 amide bonds. The number of rotatable bonds is 10. The lowest BCUT2D eigenvalue weighted by Crippen LogP contribution is -2.44. The Bertz CT molecular complexity index is 4210. The number of aromatic carboxylic acids is 1. The third-order valence-electron chi connectivity index (χ3n) is 14.8. The number of Topliss-reactive ketones (excluding diaryl/α,β-unsaturated/α-hetero) is 1. The molecule has 0 aliphatic carbocycles. The molecular formula is C62H44F12N10O10. The predicted octanol–water partition coefficient (Wildman–Crippen LogP) is 12.8. The fourth-order valence-corrected chi connectivity index (χ4v) is 10.1. The number of nitrogens with two attached hydrogens (primary N) is 1. The number of amides is 10. The van der Waals surface area contributed by atoms with Gasteiger partial charge in [-0.05, 0) is 151 Å². The zero-order valence-electron chi connectivity index (χ0n) is 49.4. The molecular weight excluding hydrogens is 1270 g/mol. The van der Waals surface area contributed by atoms with Gasteiger partial charge in [0.05, 0.1) is 85.3 Å². The van der Waals surface area contributed by atoms with E-state index in [1.807, 2.05) is 0 Å². The molecule has 0 saturated carbocycles. The number of carboxylic acid groups (broad SMARTS) is 1. The summed E-state index contributed by atoms with van der Waals surface area (Å²) in [5.74, 6) is -8.69. The second-order valence-corrected chi connectivity index (χ2v) is 21.9. The first-order valence-electron chi connectivity index (χ1n) is 26.8. The molecule has 3 N–H and O–H groups in total. The van der Waals surface area contributed by atoms with Crippen LogP contribution in [0.5, 0.6) is 0 Å². The van der Waals surface area contributed by atoms with Crippen molar-refractivity contribution in [2.45, 2.75) is 90.0 Å². The van der Waals surface area contributed by atoms with Crippen LogP contribution in [0.4, 0.5) is 101 Å². The van der Waals surface area contributed by atoms with Crippen LogP contribution in [0.15, 0.2) is 109 Å². The van der Waals surface area contributed by atoms with Crippen LogP contribution < -0.4 is 35.1 Å². The summed E-state index contributed by atoms with van der Waals surface area (Å²) < 4.78 is 163. The van der Waals surface area contributed by atoms with Gasteiger partial charge in [0.2, 0.25) is 0 Å². The van der Waals surface area contributed by atoms with Crippen LogP contribution in [0.1, 0.15) is 119 Å². The average molecular weight is 1320 g/mol. The Morgan fingerprint density at radius 2 is 0.691 bits per heavy atom. The normalized spacial score (nSPS) is 15.9. The Hall–Kier alpha value is -11.6. The Labute approximate surface area is 523 Å². The molecule has 486 valence electrons. The van der Waals surface area contributed by atoms with Crippen molar-refractivity contribution in [2.75, 3.05) is 29.4 Å². The van der Waals surface area contributed by atoms with Gasteiger partial charge in [-0.1, -0.05) is 6.92 Å². The molecule has 6 aromatic rings. The lowest BCUT2D eigenvalue weighted by molar-refractivity contribution is -0.138. The van der Waals surface area contributed by atoms with E-state index in [0.717, 1.165) is 87.5 Å². The van der Waals surface area contributed by atoms with Crippen molar-refractivity contribution in [3.8, 4) is 18.2 Å². The maximum atomic E-state index is 14.5. The number of nitrogens with zero attached hydrogens (tertiary/aromatic N) is 9. The van der Waals surface area contributed by atoms with Crippen LogP contribution in [-0.4, -0.2) is 75.2 Å². The van der Waals surface area contributed by atoms with E-state index in [1.54, 1.807) is 6.92 Å². The number of imide groups is 3. The van der Waals surface area contributed by atoms with Crippen molar-refractivity contribution in [3.63, 3.8) is 0 Å². The Morgan fingerprint density at radius 3 is 0.915 bits per heavy atom. The first-order chi connectivity index (χ1) is 43.4. The lowest BCUT2D eigenvalue weighted by Gasteiger charge is -2.27. The fraction of sp³-hybridized carbons (Fsp3) is 0.226. The predicted molar refractivity (Wildman–Crippen MR) is 306 cm³/mol. The maximum absolute atomic E-state index is 14.5. The molecule has 6 aromatic carbocycles. The van der Waals surface area contributed by atoms with E-state index in [2.05, 4.69) is 0 Å². The number of carbonyl (C=O) groups excluding carboxylic acids is 8. The van der Waals surface area contributed by atoms with Crippen LogP contribution in [-0.2, 0) is 32.9 Å². The van der Waals surface area contributed by atoms with Gasteiger partial charge in [0.15, 0.2) is 5.78 Å². The second-order valence-electron chi connectivity index (χ2n) is 21.9. The van der Waals surface area contributed by atoms with Gasteiger partial charge in [0, 0.05) is 23.5 Å². The van der Waals surface area contributed by atoms with Gasteiger partial charge in [-0.2, -0.15) is 55.3 Å². The number of hydrogen-bond donors (Lipinski definition) is 2. The van der Waals surface area contributed by atoms with Crippen LogP contribution in [0.3, 0.4) is 0 Å². The highest BCUT2D eigenvalue weighted by Gasteiger charge is 2.56. The number of primary amides is 1. The van der Waals surface area contributed by atoms with Crippen molar-refractivity contribution in [2.24, 2.45) is 5.73 Å². The van der Waals surface area contributed by atoms with E-state index in [4.69, 9.17) is 26.6 Å².